The Bertz CT molecular complexity index is 845. The summed E-state index contributed by atoms with van der Waals surface area (Å²) in [5.41, 5.74) is 6.39. The van der Waals surface area contributed by atoms with Crippen molar-refractivity contribution >= 4 is 29.9 Å². The van der Waals surface area contributed by atoms with E-state index in [4.69, 9.17) is 4.74 Å². The van der Waals surface area contributed by atoms with Gasteiger partial charge in [-0.05, 0) is 24.0 Å². The van der Waals surface area contributed by atoms with Crippen LogP contribution in [0, 0.1) is 0 Å². The first-order valence-corrected chi connectivity index (χ1v) is 11.0. The van der Waals surface area contributed by atoms with Gasteiger partial charge in [0.05, 0.1) is 18.9 Å². The Balaban J connectivity index is 0.00000341. The summed E-state index contributed by atoms with van der Waals surface area (Å²) in [5.74, 6) is 0.809. The van der Waals surface area contributed by atoms with Crippen molar-refractivity contribution in [1.82, 2.24) is 25.3 Å². The summed E-state index contributed by atoms with van der Waals surface area (Å²) < 4.78 is 7.48. The number of benzene rings is 1. The molecule has 0 radical (unpaired) electrons. The highest BCUT2D eigenvalue weighted by Gasteiger charge is 2.15. The number of halogens is 1. The Hall–Kier alpha value is -1.65. The molecular formula is C23H37IN6O. The van der Waals surface area contributed by atoms with Crippen LogP contribution < -0.4 is 10.6 Å². The van der Waals surface area contributed by atoms with Crippen molar-refractivity contribution in [2.24, 2.45) is 12.0 Å². The second-order valence-electron chi connectivity index (χ2n) is 7.64. The number of nitrogens with one attached hydrogen (secondary N) is 2. The highest BCUT2D eigenvalue weighted by molar-refractivity contribution is 14.0. The molecule has 0 unspecified atom stereocenters. The molecule has 2 aromatic rings. The first-order valence-electron chi connectivity index (χ1n) is 11.0. The lowest BCUT2D eigenvalue weighted by Gasteiger charge is -2.27. The summed E-state index contributed by atoms with van der Waals surface area (Å²) in [7, 11) is 3.85. The molecule has 1 fully saturated rings. The Morgan fingerprint density at radius 2 is 1.74 bits per heavy atom. The molecular weight excluding hydrogens is 503 g/mol. The van der Waals surface area contributed by atoms with Crippen molar-refractivity contribution in [3.05, 3.63) is 52.3 Å². The highest BCUT2D eigenvalue weighted by Crippen LogP contribution is 2.15. The first kappa shape index (κ1) is 25.6. The van der Waals surface area contributed by atoms with Gasteiger partial charge in [-0.25, -0.2) is 0 Å². The van der Waals surface area contributed by atoms with Crippen LogP contribution in [-0.2, 0) is 44.3 Å². The van der Waals surface area contributed by atoms with Crippen LogP contribution in [0.2, 0.25) is 0 Å². The lowest BCUT2D eigenvalue weighted by molar-refractivity contribution is 0.0341. The fourth-order valence-corrected chi connectivity index (χ4v) is 4.05. The van der Waals surface area contributed by atoms with Crippen LogP contribution in [0.25, 0.3) is 0 Å². The van der Waals surface area contributed by atoms with Crippen molar-refractivity contribution in [3.63, 3.8) is 0 Å². The zero-order valence-corrected chi connectivity index (χ0v) is 21.6. The summed E-state index contributed by atoms with van der Waals surface area (Å²) >= 11 is 0. The molecule has 1 aromatic heterocycles. The van der Waals surface area contributed by atoms with Gasteiger partial charge in [0, 0.05) is 58.1 Å². The van der Waals surface area contributed by atoms with Crippen molar-refractivity contribution in [2.45, 2.75) is 46.3 Å². The minimum atomic E-state index is 0. The zero-order valence-electron chi connectivity index (χ0n) is 19.3. The van der Waals surface area contributed by atoms with Gasteiger partial charge in [-0.3, -0.25) is 14.6 Å². The number of ether oxygens (including phenoxy) is 1. The Labute approximate surface area is 203 Å². The molecule has 0 spiro atoms. The number of hydrogen-bond donors (Lipinski definition) is 2. The summed E-state index contributed by atoms with van der Waals surface area (Å²) in [5, 5.41) is 11.6. The summed E-state index contributed by atoms with van der Waals surface area (Å²) in [6.07, 6.45) is 1.91. The monoisotopic (exact) mass is 540 g/mol. The van der Waals surface area contributed by atoms with E-state index in [9.17, 15) is 0 Å². The van der Waals surface area contributed by atoms with E-state index in [0.29, 0.717) is 0 Å². The molecule has 1 aliphatic rings. The zero-order chi connectivity index (χ0) is 21.3. The van der Waals surface area contributed by atoms with E-state index >= 15 is 0 Å². The maximum Gasteiger partial charge on any atom is 0.191 e. The third-order valence-corrected chi connectivity index (χ3v) is 5.75. The predicted octanol–water partition coefficient (Wildman–Crippen LogP) is 2.86. The van der Waals surface area contributed by atoms with E-state index in [1.807, 2.05) is 18.8 Å². The topological polar surface area (TPSA) is 66.7 Å². The Morgan fingerprint density at radius 3 is 2.39 bits per heavy atom. The number of morpholine rings is 1. The van der Waals surface area contributed by atoms with E-state index in [-0.39, 0.29) is 24.0 Å². The minimum absolute atomic E-state index is 0. The molecule has 0 amide bonds. The van der Waals surface area contributed by atoms with E-state index in [2.05, 4.69) is 63.7 Å². The number of aryl methyl sites for hydroxylation is 2. The molecule has 1 aliphatic heterocycles. The molecule has 2 heterocycles. The normalized spacial score (nSPS) is 14.9. The average Bonchev–Trinajstić information content (AvgIpc) is 3.10. The van der Waals surface area contributed by atoms with E-state index < -0.39 is 0 Å². The first-order chi connectivity index (χ1) is 14.7. The SMILES string of the molecule is CCc1nn(C)c(CC)c1CNC(=NC)NCc1ccccc1CN1CCOCC1.I. The van der Waals surface area contributed by atoms with Crippen LogP contribution in [0.15, 0.2) is 29.3 Å². The van der Waals surface area contributed by atoms with Gasteiger partial charge in [-0.15, -0.1) is 24.0 Å². The number of aromatic nitrogens is 2. The summed E-state index contributed by atoms with van der Waals surface area (Å²) in [6.45, 7) is 10.4. The molecule has 0 saturated carbocycles. The van der Waals surface area contributed by atoms with Crippen LogP contribution in [0.4, 0.5) is 0 Å². The smallest absolute Gasteiger partial charge is 0.191 e. The summed E-state index contributed by atoms with van der Waals surface area (Å²) in [4.78, 5) is 6.88. The van der Waals surface area contributed by atoms with Crippen LogP contribution in [0.3, 0.4) is 0 Å². The maximum atomic E-state index is 5.47. The van der Waals surface area contributed by atoms with Crippen LogP contribution in [0.5, 0.6) is 0 Å². The van der Waals surface area contributed by atoms with E-state index in [1.54, 1.807) is 0 Å². The fourth-order valence-electron chi connectivity index (χ4n) is 4.05. The van der Waals surface area contributed by atoms with Gasteiger partial charge in [0.15, 0.2) is 5.96 Å². The van der Waals surface area contributed by atoms with Gasteiger partial charge in [-0.2, -0.15) is 5.10 Å². The van der Waals surface area contributed by atoms with Gasteiger partial charge in [0.2, 0.25) is 0 Å². The van der Waals surface area contributed by atoms with E-state index in [0.717, 1.165) is 70.4 Å². The number of aliphatic imine (C=N–C) groups is 1. The molecule has 1 aromatic carbocycles. The van der Waals surface area contributed by atoms with Crippen molar-refractivity contribution in [1.29, 1.82) is 0 Å². The van der Waals surface area contributed by atoms with Crippen molar-refractivity contribution < 1.29 is 4.74 Å². The standard InChI is InChI=1S/C23H36N6O.HI/c1-5-21-20(22(6-2)28(4)27-21)16-26-23(24-3)25-15-18-9-7-8-10-19(18)17-29-11-13-30-14-12-29;/h7-10H,5-6,11-17H2,1-4H3,(H2,24,25,26);1H. The largest absolute Gasteiger partial charge is 0.379 e. The van der Waals surface area contributed by atoms with Gasteiger partial charge in [0.25, 0.3) is 0 Å². The molecule has 3 rings (SSSR count). The van der Waals surface area contributed by atoms with Gasteiger partial charge >= 0.3 is 0 Å². The van der Waals surface area contributed by atoms with Crippen LogP contribution in [-0.4, -0.2) is 54.0 Å². The number of hydrogen-bond acceptors (Lipinski definition) is 4. The molecule has 31 heavy (non-hydrogen) atoms. The van der Waals surface area contributed by atoms with Crippen LogP contribution >= 0.6 is 24.0 Å². The van der Waals surface area contributed by atoms with Crippen molar-refractivity contribution in [2.75, 3.05) is 33.4 Å². The second kappa shape index (κ2) is 13.0. The molecule has 8 heteroatoms. The molecule has 0 aliphatic carbocycles. The Morgan fingerprint density at radius 1 is 1.06 bits per heavy atom. The minimum Gasteiger partial charge on any atom is -0.379 e. The third kappa shape index (κ3) is 6.92. The second-order valence-corrected chi connectivity index (χ2v) is 7.64. The molecule has 172 valence electrons. The predicted molar refractivity (Wildman–Crippen MR) is 137 cm³/mol. The van der Waals surface area contributed by atoms with Crippen molar-refractivity contribution in [3.8, 4) is 0 Å². The molecule has 2 N–H and O–H groups in total. The molecule has 0 bridgehead atoms. The number of nitrogens with zero attached hydrogens (tertiary/aromatic N) is 4. The highest BCUT2D eigenvalue weighted by atomic mass is 127. The van der Waals surface area contributed by atoms with Crippen LogP contribution in [0.1, 0.15) is 41.9 Å². The lowest BCUT2D eigenvalue weighted by Crippen LogP contribution is -2.38. The van der Waals surface area contributed by atoms with Gasteiger partial charge in [0.1, 0.15) is 0 Å². The lowest BCUT2D eigenvalue weighted by atomic mass is 10.1. The fraction of sp³-hybridized carbons (Fsp3) is 0.565. The van der Waals surface area contributed by atoms with Gasteiger partial charge in [-0.1, -0.05) is 38.1 Å². The number of guanidine groups is 1. The van der Waals surface area contributed by atoms with E-state index in [1.165, 1.54) is 22.4 Å². The maximum absolute atomic E-state index is 5.47. The molecule has 0 atom stereocenters. The quantitative estimate of drug-likeness (QED) is 0.306. The molecule has 7 nitrogen and oxygen atoms in total. The Kier molecular flexibility index (Phi) is 10.8. The summed E-state index contributed by atoms with van der Waals surface area (Å²) in [6, 6.07) is 8.64. The third-order valence-electron chi connectivity index (χ3n) is 5.75. The average molecular weight is 540 g/mol. The number of rotatable bonds is 8. The van der Waals surface area contributed by atoms with Gasteiger partial charge < -0.3 is 15.4 Å². The molecule has 1 saturated heterocycles.